The fourth-order valence-corrected chi connectivity index (χ4v) is 2.78. The molecule has 18 heavy (non-hydrogen) atoms. The molecule has 1 heterocycles. The minimum Gasteiger partial charge on any atom is -0.310 e. The molecule has 1 atom stereocenters. The van der Waals surface area contributed by atoms with E-state index in [1.165, 1.54) is 12.2 Å². The highest BCUT2D eigenvalue weighted by atomic mass is 32.2. The quantitative estimate of drug-likeness (QED) is 0.695. The van der Waals surface area contributed by atoms with Gasteiger partial charge in [-0.2, -0.15) is 11.8 Å². The normalized spacial score (nSPS) is 12.9. The van der Waals surface area contributed by atoms with E-state index in [1.54, 1.807) is 0 Å². The molecule has 0 fully saturated rings. The number of aromatic nitrogens is 1. The van der Waals surface area contributed by atoms with Gasteiger partial charge < -0.3 is 10.2 Å². The van der Waals surface area contributed by atoms with Crippen LogP contribution in [0.25, 0.3) is 0 Å². The van der Waals surface area contributed by atoms with E-state index in [4.69, 9.17) is 0 Å². The van der Waals surface area contributed by atoms with Crippen molar-refractivity contribution in [2.24, 2.45) is 0 Å². The Hall–Kier alpha value is -0.580. The molecule has 0 amide bonds. The zero-order chi connectivity index (χ0) is 13.2. The van der Waals surface area contributed by atoms with Gasteiger partial charge in [0.05, 0.1) is 5.69 Å². The third-order valence-electron chi connectivity index (χ3n) is 3.13. The molecule has 0 saturated carbocycles. The van der Waals surface area contributed by atoms with Gasteiger partial charge >= 0.3 is 0 Å². The largest absolute Gasteiger partial charge is 0.310 e. The van der Waals surface area contributed by atoms with Crippen LogP contribution < -0.4 is 5.32 Å². The predicted octanol–water partition coefficient (Wildman–Crippen LogP) is 2.24. The van der Waals surface area contributed by atoms with Crippen molar-refractivity contribution in [3.63, 3.8) is 0 Å². The summed E-state index contributed by atoms with van der Waals surface area (Å²) in [6.45, 7) is 5.22. The molecule has 3 nitrogen and oxygen atoms in total. The molecule has 0 bridgehead atoms. The van der Waals surface area contributed by atoms with Crippen molar-refractivity contribution >= 4 is 11.8 Å². The molecule has 1 aromatic rings. The summed E-state index contributed by atoms with van der Waals surface area (Å²) in [4.78, 5) is 6.74. The van der Waals surface area contributed by atoms with Gasteiger partial charge in [-0.05, 0) is 31.9 Å². The van der Waals surface area contributed by atoms with E-state index in [2.05, 4.69) is 41.5 Å². The van der Waals surface area contributed by atoms with Crippen molar-refractivity contribution in [2.45, 2.75) is 25.9 Å². The van der Waals surface area contributed by atoms with E-state index in [9.17, 15) is 0 Å². The highest BCUT2D eigenvalue weighted by Crippen LogP contribution is 2.07. The summed E-state index contributed by atoms with van der Waals surface area (Å²) in [5, 5.41) is 3.44. The number of likely N-dealkylation sites (N-methyl/N-ethyl adjacent to an activating group) is 1. The molecule has 0 saturated heterocycles. The molecule has 4 heteroatoms. The van der Waals surface area contributed by atoms with Crippen LogP contribution in [0.2, 0.25) is 0 Å². The van der Waals surface area contributed by atoms with Crippen LogP contribution in [0.5, 0.6) is 0 Å². The average molecular weight is 267 g/mol. The second-order valence-electron chi connectivity index (χ2n) is 4.50. The minimum absolute atomic E-state index is 0.691. The number of rotatable bonds is 9. The SMILES string of the molecule is CCC(CSC)N(C)CCNCc1ccccn1. The highest BCUT2D eigenvalue weighted by molar-refractivity contribution is 7.98. The molecule has 102 valence electrons. The Morgan fingerprint density at radius 3 is 2.89 bits per heavy atom. The van der Waals surface area contributed by atoms with E-state index in [0.29, 0.717) is 6.04 Å². The van der Waals surface area contributed by atoms with E-state index in [0.717, 1.165) is 25.3 Å². The van der Waals surface area contributed by atoms with Gasteiger partial charge in [0.15, 0.2) is 0 Å². The van der Waals surface area contributed by atoms with Gasteiger partial charge in [-0.25, -0.2) is 0 Å². The molecular weight excluding hydrogens is 242 g/mol. The van der Waals surface area contributed by atoms with Crippen LogP contribution in [0.3, 0.4) is 0 Å². The maximum atomic E-state index is 4.30. The standard InChI is InChI=1S/C14H25N3S/c1-4-14(12-18-3)17(2)10-9-15-11-13-7-5-6-8-16-13/h5-8,14-15H,4,9-12H2,1-3H3. The van der Waals surface area contributed by atoms with E-state index in [1.807, 2.05) is 30.1 Å². The lowest BCUT2D eigenvalue weighted by Gasteiger charge is -2.26. The molecule has 1 aromatic heterocycles. The lowest BCUT2D eigenvalue weighted by molar-refractivity contribution is 0.255. The summed E-state index contributed by atoms with van der Waals surface area (Å²) in [6, 6.07) is 6.73. The minimum atomic E-state index is 0.691. The first-order valence-corrected chi connectivity index (χ1v) is 7.97. The average Bonchev–Trinajstić information content (AvgIpc) is 2.42. The van der Waals surface area contributed by atoms with Crippen molar-refractivity contribution in [1.29, 1.82) is 0 Å². The van der Waals surface area contributed by atoms with Crippen LogP contribution in [0, 0.1) is 0 Å². The van der Waals surface area contributed by atoms with Crippen LogP contribution >= 0.6 is 11.8 Å². The topological polar surface area (TPSA) is 28.2 Å². The molecule has 0 spiro atoms. The summed E-state index contributed by atoms with van der Waals surface area (Å²) >= 11 is 1.93. The Morgan fingerprint density at radius 1 is 1.44 bits per heavy atom. The molecular formula is C14H25N3S. The molecule has 0 aliphatic rings. The summed E-state index contributed by atoms with van der Waals surface area (Å²) in [7, 11) is 2.22. The summed E-state index contributed by atoms with van der Waals surface area (Å²) in [5.74, 6) is 1.22. The fraction of sp³-hybridized carbons (Fsp3) is 0.643. The number of thioether (sulfide) groups is 1. The Bertz CT molecular complexity index is 305. The molecule has 0 aliphatic heterocycles. The monoisotopic (exact) mass is 267 g/mol. The summed E-state index contributed by atoms with van der Waals surface area (Å²) in [5.41, 5.74) is 1.11. The first-order valence-electron chi connectivity index (χ1n) is 6.57. The van der Waals surface area contributed by atoms with E-state index in [-0.39, 0.29) is 0 Å². The van der Waals surface area contributed by atoms with Gasteiger partial charge in [-0.15, -0.1) is 0 Å². The number of hydrogen-bond acceptors (Lipinski definition) is 4. The summed E-state index contributed by atoms with van der Waals surface area (Å²) in [6.07, 6.45) is 5.24. The highest BCUT2D eigenvalue weighted by Gasteiger charge is 2.10. The van der Waals surface area contributed by atoms with Crippen molar-refractivity contribution in [1.82, 2.24) is 15.2 Å². The first kappa shape index (κ1) is 15.5. The lowest BCUT2D eigenvalue weighted by Crippen LogP contribution is -2.38. The third kappa shape index (κ3) is 5.85. The van der Waals surface area contributed by atoms with Crippen LogP contribution in [-0.4, -0.2) is 48.1 Å². The predicted molar refractivity (Wildman–Crippen MR) is 81.0 cm³/mol. The Labute approximate surface area is 115 Å². The number of nitrogens with one attached hydrogen (secondary N) is 1. The number of pyridine rings is 1. The zero-order valence-corrected chi connectivity index (χ0v) is 12.5. The van der Waals surface area contributed by atoms with Crippen LogP contribution in [0.15, 0.2) is 24.4 Å². The van der Waals surface area contributed by atoms with Crippen LogP contribution in [0.1, 0.15) is 19.0 Å². The smallest absolute Gasteiger partial charge is 0.0541 e. The Balaban J connectivity index is 2.17. The van der Waals surface area contributed by atoms with Gasteiger partial charge in [-0.1, -0.05) is 13.0 Å². The number of hydrogen-bond donors (Lipinski definition) is 1. The fourth-order valence-electron chi connectivity index (χ4n) is 1.91. The summed E-state index contributed by atoms with van der Waals surface area (Å²) < 4.78 is 0. The van der Waals surface area contributed by atoms with Crippen molar-refractivity contribution < 1.29 is 0 Å². The molecule has 0 radical (unpaired) electrons. The third-order valence-corrected chi connectivity index (χ3v) is 3.85. The lowest BCUT2D eigenvalue weighted by atomic mass is 10.2. The molecule has 1 unspecified atom stereocenters. The zero-order valence-electron chi connectivity index (χ0n) is 11.7. The van der Waals surface area contributed by atoms with Gasteiger partial charge in [0, 0.05) is 37.6 Å². The van der Waals surface area contributed by atoms with Crippen molar-refractivity contribution in [3.8, 4) is 0 Å². The van der Waals surface area contributed by atoms with E-state index < -0.39 is 0 Å². The maximum absolute atomic E-state index is 4.30. The van der Waals surface area contributed by atoms with Crippen molar-refractivity contribution in [2.75, 3.05) is 32.1 Å². The van der Waals surface area contributed by atoms with Crippen LogP contribution in [-0.2, 0) is 6.54 Å². The number of nitrogens with zero attached hydrogens (tertiary/aromatic N) is 2. The second-order valence-corrected chi connectivity index (χ2v) is 5.41. The Kier molecular flexibility index (Phi) is 8.05. The van der Waals surface area contributed by atoms with Crippen LogP contribution in [0.4, 0.5) is 0 Å². The molecule has 0 aromatic carbocycles. The molecule has 1 N–H and O–H groups in total. The van der Waals surface area contributed by atoms with Crippen molar-refractivity contribution in [3.05, 3.63) is 30.1 Å². The van der Waals surface area contributed by atoms with Gasteiger partial charge in [0.1, 0.15) is 0 Å². The molecule has 1 rings (SSSR count). The Morgan fingerprint density at radius 2 is 2.28 bits per heavy atom. The second kappa shape index (κ2) is 9.36. The van der Waals surface area contributed by atoms with Gasteiger partial charge in [0.2, 0.25) is 0 Å². The molecule has 0 aliphatic carbocycles. The first-order chi connectivity index (χ1) is 8.77. The van der Waals surface area contributed by atoms with Gasteiger partial charge in [-0.3, -0.25) is 4.98 Å². The van der Waals surface area contributed by atoms with Gasteiger partial charge in [0.25, 0.3) is 0 Å². The van der Waals surface area contributed by atoms with E-state index >= 15 is 0 Å². The maximum Gasteiger partial charge on any atom is 0.0541 e.